The summed E-state index contributed by atoms with van der Waals surface area (Å²) in [6, 6.07) is 19.6. The van der Waals surface area contributed by atoms with Crippen molar-refractivity contribution in [1.29, 1.82) is 0 Å². The summed E-state index contributed by atoms with van der Waals surface area (Å²) in [5.41, 5.74) is 2.05. The molecule has 2 aromatic heterocycles. The number of hydrogen-bond donors (Lipinski definition) is 0. The van der Waals surface area contributed by atoms with Gasteiger partial charge in [0.05, 0.1) is 0 Å². The molecule has 2 aromatic carbocycles. The third kappa shape index (κ3) is 2.47. The van der Waals surface area contributed by atoms with Crippen molar-refractivity contribution in [3.05, 3.63) is 87.1 Å². The molecule has 0 bridgehead atoms. The Morgan fingerprint density at radius 2 is 1.46 bits per heavy atom. The van der Waals surface area contributed by atoms with E-state index in [1.807, 2.05) is 65.2 Å². The summed E-state index contributed by atoms with van der Waals surface area (Å²) in [4.78, 5) is 29.8. The molecule has 0 atom stereocenters. The lowest BCUT2D eigenvalue weighted by Crippen LogP contribution is -2.37. The summed E-state index contributed by atoms with van der Waals surface area (Å²) in [6.07, 6.45) is 0. The number of hydrogen-bond acceptors (Lipinski definition) is 3. The molecule has 0 saturated heterocycles. The maximum absolute atomic E-state index is 12.8. The summed E-state index contributed by atoms with van der Waals surface area (Å²) in [5.74, 6) is 0.669. The highest BCUT2D eigenvalue weighted by molar-refractivity contribution is 5.77. The van der Waals surface area contributed by atoms with E-state index in [4.69, 9.17) is 0 Å². The summed E-state index contributed by atoms with van der Waals surface area (Å²) in [7, 11) is 3.13. The second kappa shape index (κ2) is 6.15. The number of rotatable bonds is 3. The van der Waals surface area contributed by atoms with E-state index >= 15 is 0 Å². The molecule has 2 heterocycles. The molecule has 6 heteroatoms. The Balaban J connectivity index is 2.09. The second-order valence-corrected chi connectivity index (χ2v) is 6.25. The normalized spacial score (nSPS) is 11.2. The van der Waals surface area contributed by atoms with Crippen LogP contribution in [0.1, 0.15) is 5.56 Å². The average molecular weight is 346 g/mol. The molecule has 130 valence electrons. The van der Waals surface area contributed by atoms with Gasteiger partial charge < -0.3 is 4.57 Å². The van der Waals surface area contributed by atoms with Gasteiger partial charge in [-0.05, 0) is 5.56 Å². The molecule has 0 aliphatic heterocycles. The van der Waals surface area contributed by atoms with Gasteiger partial charge in [0.1, 0.15) is 5.82 Å². The van der Waals surface area contributed by atoms with E-state index in [9.17, 15) is 9.59 Å². The highest BCUT2D eigenvalue weighted by Crippen LogP contribution is 2.23. The van der Waals surface area contributed by atoms with Crippen molar-refractivity contribution in [2.45, 2.75) is 6.54 Å². The van der Waals surface area contributed by atoms with E-state index < -0.39 is 0 Å². The van der Waals surface area contributed by atoms with Crippen LogP contribution >= 0.6 is 0 Å². The molecule has 0 fully saturated rings. The van der Waals surface area contributed by atoms with Crippen LogP contribution in [0.4, 0.5) is 0 Å². The standard InChI is InChI=1S/C20H18N4O2/c1-22-18-16(19(25)23(2)20(22)26)24(13-14-9-5-3-6-10-14)17(21-18)15-11-7-4-8-12-15/h3-12H,13H2,1-2H3. The SMILES string of the molecule is Cn1c(=O)c2c(nc(-c3ccccc3)n2Cc2ccccc2)n(C)c1=O. The fourth-order valence-corrected chi connectivity index (χ4v) is 3.17. The predicted molar refractivity (Wildman–Crippen MR) is 101 cm³/mol. The van der Waals surface area contributed by atoms with Crippen LogP contribution in [0, 0.1) is 0 Å². The van der Waals surface area contributed by atoms with E-state index in [-0.39, 0.29) is 11.2 Å². The molecule has 0 unspecified atom stereocenters. The van der Waals surface area contributed by atoms with Crippen LogP contribution in [0.3, 0.4) is 0 Å². The largest absolute Gasteiger partial charge is 0.332 e. The van der Waals surface area contributed by atoms with Gasteiger partial charge in [0.25, 0.3) is 5.56 Å². The fourth-order valence-electron chi connectivity index (χ4n) is 3.17. The fraction of sp³-hybridized carbons (Fsp3) is 0.150. The first kappa shape index (κ1) is 16.1. The van der Waals surface area contributed by atoms with E-state index in [1.54, 1.807) is 7.05 Å². The highest BCUT2D eigenvalue weighted by Gasteiger charge is 2.20. The van der Waals surface area contributed by atoms with Crippen molar-refractivity contribution in [2.75, 3.05) is 0 Å². The lowest BCUT2D eigenvalue weighted by molar-refractivity contribution is 0.702. The Morgan fingerprint density at radius 1 is 0.846 bits per heavy atom. The van der Waals surface area contributed by atoms with E-state index in [0.717, 1.165) is 15.7 Å². The first-order chi connectivity index (χ1) is 12.6. The molecule has 0 radical (unpaired) electrons. The van der Waals surface area contributed by atoms with E-state index in [1.165, 1.54) is 11.6 Å². The molecule has 0 aliphatic rings. The first-order valence-corrected chi connectivity index (χ1v) is 8.33. The zero-order valence-corrected chi connectivity index (χ0v) is 14.6. The minimum Gasteiger partial charge on any atom is -0.314 e. The topological polar surface area (TPSA) is 61.8 Å². The summed E-state index contributed by atoms with van der Waals surface area (Å²) in [5, 5.41) is 0. The van der Waals surface area contributed by atoms with Gasteiger partial charge >= 0.3 is 5.69 Å². The zero-order chi connectivity index (χ0) is 18.3. The predicted octanol–water partition coefficient (Wildman–Crippen LogP) is 2.15. The number of aromatic nitrogens is 4. The maximum atomic E-state index is 12.8. The van der Waals surface area contributed by atoms with Crippen LogP contribution in [0.2, 0.25) is 0 Å². The monoisotopic (exact) mass is 346 g/mol. The van der Waals surface area contributed by atoms with Crippen LogP contribution in [-0.4, -0.2) is 18.7 Å². The van der Waals surface area contributed by atoms with E-state index in [2.05, 4.69) is 4.98 Å². The van der Waals surface area contributed by atoms with Crippen LogP contribution in [0.25, 0.3) is 22.6 Å². The number of benzene rings is 2. The lowest BCUT2D eigenvalue weighted by atomic mass is 10.2. The minimum atomic E-state index is -0.383. The molecule has 0 saturated carbocycles. The van der Waals surface area contributed by atoms with Crippen LogP contribution in [-0.2, 0) is 20.6 Å². The van der Waals surface area contributed by atoms with E-state index in [0.29, 0.717) is 23.5 Å². The summed E-state index contributed by atoms with van der Waals surface area (Å²) >= 11 is 0. The molecule has 4 aromatic rings. The number of fused-ring (bicyclic) bond motifs is 1. The minimum absolute atomic E-state index is 0.339. The first-order valence-electron chi connectivity index (χ1n) is 8.33. The van der Waals surface area contributed by atoms with Gasteiger partial charge in [-0.1, -0.05) is 60.7 Å². The molecular weight excluding hydrogens is 328 g/mol. The Hall–Kier alpha value is -3.41. The van der Waals surface area contributed by atoms with Crippen molar-refractivity contribution in [1.82, 2.24) is 18.7 Å². The number of nitrogens with zero attached hydrogens (tertiary/aromatic N) is 4. The molecule has 0 spiro atoms. The zero-order valence-electron chi connectivity index (χ0n) is 14.6. The molecule has 0 N–H and O–H groups in total. The van der Waals surface area contributed by atoms with Gasteiger partial charge in [-0.15, -0.1) is 0 Å². The van der Waals surface area contributed by atoms with Crippen LogP contribution in [0.15, 0.2) is 70.3 Å². The van der Waals surface area contributed by atoms with Gasteiger partial charge in [-0.25, -0.2) is 9.78 Å². The van der Waals surface area contributed by atoms with Gasteiger partial charge in [-0.2, -0.15) is 0 Å². The van der Waals surface area contributed by atoms with Crippen molar-refractivity contribution in [3.63, 3.8) is 0 Å². The van der Waals surface area contributed by atoms with Crippen molar-refractivity contribution < 1.29 is 0 Å². The third-order valence-electron chi connectivity index (χ3n) is 4.56. The second-order valence-electron chi connectivity index (χ2n) is 6.25. The van der Waals surface area contributed by atoms with Gasteiger partial charge in [0.15, 0.2) is 11.2 Å². The lowest BCUT2D eigenvalue weighted by Gasteiger charge is -2.10. The van der Waals surface area contributed by atoms with Gasteiger partial charge in [-0.3, -0.25) is 13.9 Å². The Morgan fingerprint density at radius 3 is 2.12 bits per heavy atom. The quantitative estimate of drug-likeness (QED) is 0.571. The van der Waals surface area contributed by atoms with Crippen LogP contribution in [0.5, 0.6) is 0 Å². The third-order valence-corrected chi connectivity index (χ3v) is 4.56. The van der Waals surface area contributed by atoms with Crippen molar-refractivity contribution >= 4 is 11.2 Å². The highest BCUT2D eigenvalue weighted by atomic mass is 16.2. The number of aryl methyl sites for hydroxylation is 1. The Kier molecular flexibility index (Phi) is 3.80. The molecule has 0 aliphatic carbocycles. The average Bonchev–Trinajstić information content (AvgIpc) is 3.05. The molecular formula is C20H18N4O2. The summed E-state index contributed by atoms with van der Waals surface area (Å²) in [6.45, 7) is 0.495. The number of imidazole rings is 1. The summed E-state index contributed by atoms with van der Waals surface area (Å²) < 4.78 is 4.44. The molecule has 4 rings (SSSR count). The van der Waals surface area contributed by atoms with Gasteiger partial charge in [0, 0.05) is 26.2 Å². The molecule has 26 heavy (non-hydrogen) atoms. The van der Waals surface area contributed by atoms with Gasteiger partial charge in [0.2, 0.25) is 0 Å². The Bertz CT molecular complexity index is 1200. The molecule has 6 nitrogen and oxygen atoms in total. The Labute approximate surface area is 149 Å². The van der Waals surface area contributed by atoms with Crippen molar-refractivity contribution in [3.8, 4) is 11.4 Å². The van der Waals surface area contributed by atoms with Crippen LogP contribution < -0.4 is 11.2 Å². The molecule has 0 amide bonds. The van der Waals surface area contributed by atoms with Crippen molar-refractivity contribution in [2.24, 2.45) is 14.1 Å². The smallest absolute Gasteiger partial charge is 0.314 e. The maximum Gasteiger partial charge on any atom is 0.332 e.